The monoisotopic (exact) mass is 244 g/mol. The lowest BCUT2D eigenvalue weighted by molar-refractivity contribution is -0.116. The van der Waals surface area contributed by atoms with Gasteiger partial charge in [-0.25, -0.2) is 0 Å². The molecule has 0 spiro atoms. The Morgan fingerprint density at radius 3 is 2.94 bits per heavy atom. The third-order valence-electron chi connectivity index (χ3n) is 3.14. The highest BCUT2D eigenvalue weighted by Gasteiger charge is 2.25. The zero-order chi connectivity index (χ0) is 13.0. The summed E-state index contributed by atoms with van der Waals surface area (Å²) in [5, 5.41) is 12.4. The van der Waals surface area contributed by atoms with Crippen molar-refractivity contribution in [1.82, 2.24) is 5.32 Å². The van der Waals surface area contributed by atoms with Crippen molar-refractivity contribution in [3.05, 3.63) is 29.8 Å². The molecule has 0 aliphatic carbocycles. The summed E-state index contributed by atoms with van der Waals surface area (Å²) in [7, 11) is 0. The number of benzene rings is 1. The zero-order valence-corrected chi connectivity index (χ0v) is 10.1. The molecule has 1 atom stereocenters. The predicted molar refractivity (Wildman–Crippen MR) is 69.0 cm³/mol. The van der Waals surface area contributed by atoms with Crippen molar-refractivity contribution in [2.75, 3.05) is 24.5 Å². The minimum Gasteiger partial charge on any atom is -0.368 e. The second kappa shape index (κ2) is 5.52. The van der Waals surface area contributed by atoms with Gasteiger partial charge in [0, 0.05) is 12.6 Å². The molecule has 0 radical (unpaired) electrons. The Morgan fingerprint density at radius 1 is 1.56 bits per heavy atom. The molecule has 2 rings (SSSR count). The number of hydrogen-bond acceptors (Lipinski definition) is 4. The van der Waals surface area contributed by atoms with Gasteiger partial charge in [0.15, 0.2) is 0 Å². The average molecular weight is 244 g/mol. The summed E-state index contributed by atoms with van der Waals surface area (Å²) >= 11 is 0. The Labute approximate surface area is 106 Å². The van der Waals surface area contributed by atoms with Crippen LogP contribution in [0.3, 0.4) is 0 Å². The normalized spacial score (nSPS) is 18.3. The summed E-state index contributed by atoms with van der Waals surface area (Å²) < 4.78 is 0. The van der Waals surface area contributed by atoms with E-state index in [1.165, 1.54) is 0 Å². The van der Waals surface area contributed by atoms with E-state index < -0.39 is 0 Å². The summed E-state index contributed by atoms with van der Waals surface area (Å²) in [6.07, 6.45) is 0.951. The van der Waals surface area contributed by atoms with Gasteiger partial charge in [-0.15, -0.1) is 0 Å². The lowest BCUT2D eigenvalue weighted by Gasteiger charge is -2.30. The molecule has 0 bridgehead atoms. The first-order valence-electron chi connectivity index (χ1n) is 5.97. The molecule has 1 fully saturated rings. The van der Waals surface area contributed by atoms with Crippen LogP contribution < -0.4 is 16.0 Å². The van der Waals surface area contributed by atoms with E-state index in [0.717, 1.165) is 25.2 Å². The van der Waals surface area contributed by atoms with Crippen LogP contribution in [0.1, 0.15) is 12.0 Å². The molecule has 1 aromatic carbocycles. The van der Waals surface area contributed by atoms with E-state index in [0.29, 0.717) is 5.56 Å². The fourth-order valence-electron chi connectivity index (χ4n) is 2.30. The van der Waals surface area contributed by atoms with Crippen LogP contribution >= 0.6 is 0 Å². The van der Waals surface area contributed by atoms with Crippen molar-refractivity contribution in [3.63, 3.8) is 0 Å². The molecule has 1 aliphatic heterocycles. The van der Waals surface area contributed by atoms with Crippen molar-refractivity contribution < 1.29 is 4.79 Å². The molecule has 5 nitrogen and oxygen atoms in total. The molecule has 1 heterocycles. The van der Waals surface area contributed by atoms with Crippen molar-refractivity contribution in [2.45, 2.75) is 12.5 Å². The topological polar surface area (TPSA) is 82.2 Å². The molecule has 0 aromatic heterocycles. The maximum atomic E-state index is 11.2. The number of hydrogen-bond donors (Lipinski definition) is 2. The van der Waals surface area contributed by atoms with Gasteiger partial charge in [0.05, 0.1) is 17.8 Å². The lowest BCUT2D eigenvalue weighted by Crippen LogP contribution is -2.43. The Hall–Kier alpha value is -2.06. The van der Waals surface area contributed by atoms with Crippen LogP contribution in [0.2, 0.25) is 0 Å². The summed E-state index contributed by atoms with van der Waals surface area (Å²) in [6.45, 7) is 1.88. The van der Waals surface area contributed by atoms with E-state index in [2.05, 4.69) is 11.4 Å². The summed E-state index contributed by atoms with van der Waals surface area (Å²) in [5.41, 5.74) is 6.67. The summed E-state index contributed by atoms with van der Waals surface area (Å²) in [4.78, 5) is 13.1. The number of primary amides is 1. The highest BCUT2D eigenvalue weighted by Crippen LogP contribution is 2.23. The van der Waals surface area contributed by atoms with Crippen LogP contribution in [0.5, 0.6) is 0 Å². The van der Waals surface area contributed by atoms with Crippen LogP contribution in [-0.2, 0) is 4.79 Å². The van der Waals surface area contributed by atoms with Gasteiger partial charge in [0.1, 0.15) is 6.07 Å². The van der Waals surface area contributed by atoms with Gasteiger partial charge in [-0.1, -0.05) is 12.1 Å². The number of anilines is 1. The molecule has 5 heteroatoms. The number of para-hydroxylation sites is 1. The van der Waals surface area contributed by atoms with Crippen LogP contribution in [-0.4, -0.2) is 31.6 Å². The van der Waals surface area contributed by atoms with E-state index in [9.17, 15) is 4.79 Å². The minimum absolute atomic E-state index is 0.144. The fraction of sp³-hybridized carbons (Fsp3) is 0.385. The summed E-state index contributed by atoms with van der Waals surface area (Å²) in [5.74, 6) is -0.380. The molecular formula is C13H16N4O. The average Bonchev–Trinajstić information content (AvgIpc) is 2.89. The number of rotatable bonds is 4. The number of nitrogens with one attached hydrogen (secondary N) is 1. The largest absolute Gasteiger partial charge is 0.368 e. The zero-order valence-electron chi connectivity index (χ0n) is 10.1. The highest BCUT2D eigenvalue weighted by atomic mass is 16.1. The molecule has 3 N–H and O–H groups in total. The number of nitrogens with two attached hydrogens (primary N) is 1. The Bertz CT molecular complexity index is 474. The summed E-state index contributed by atoms with van der Waals surface area (Å²) in [6, 6.07) is 9.67. The minimum atomic E-state index is -0.380. The van der Waals surface area contributed by atoms with Crippen molar-refractivity contribution in [1.29, 1.82) is 5.26 Å². The van der Waals surface area contributed by atoms with Crippen molar-refractivity contribution >= 4 is 11.6 Å². The van der Waals surface area contributed by atoms with Gasteiger partial charge in [-0.2, -0.15) is 5.26 Å². The van der Waals surface area contributed by atoms with E-state index in [-0.39, 0.29) is 18.5 Å². The quantitative estimate of drug-likeness (QED) is 0.793. The first-order chi connectivity index (χ1) is 8.72. The van der Waals surface area contributed by atoms with Crippen LogP contribution in [0.4, 0.5) is 5.69 Å². The first-order valence-corrected chi connectivity index (χ1v) is 5.97. The number of carbonyl (C=O) groups is 1. The SMILES string of the molecule is N#Cc1ccccc1N(CC(N)=O)C1CCNC1. The van der Waals surface area contributed by atoms with Gasteiger partial charge in [0.25, 0.3) is 0 Å². The maximum Gasteiger partial charge on any atom is 0.236 e. The molecule has 1 saturated heterocycles. The Morgan fingerprint density at radius 2 is 2.33 bits per heavy atom. The number of nitrogens with zero attached hydrogens (tertiary/aromatic N) is 2. The first kappa shape index (κ1) is 12.4. The molecule has 0 saturated carbocycles. The molecule has 1 aromatic rings. The molecule has 1 aliphatic rings. The van der Waals surface area contributed by atoms with E-state index in [1.807, 2.05) is 23.1 Å². The number of amides is 1. The van der Waals surface area contributed by atoms with E-state index in [4.69, 9.17) is 11.0 Å². The number of nitriles is 1. The van der Waals surface area contributed by atoms with Crippen molar-refractivity contribution in [2.24, 2.45) is 5.73 Å². The third-order valence-corrected chi connectivity index (χ3v) is 3.14. The van der Waals surface area contributed by atoms with Crippen LogP contribution in [0, 0.1) is 11.3 Å². The van der Waals surface area contributed by atoms with Gasteiger partial charge < -0.3 is 16.0 Å². The molecular weight excluding hydrogens is 228 g/mol. The second-order valence-electron chi connectivity index (χ2n) is 4.37. The molecule has 1 unspecified atom stereocenters. The molecule has 94 valence electrons. The molecule has 1 amide bonds. The number of carbonyl (C=O) groups excluding carboxylic acids is 1. The van der Waals surface area contributed by atoms with E-state index in [1.54, 1.807) is 6.07 Å². The van der Waals surface area contributed by atoms with Crippen molar-refractivity contribution in [3.8, 4) is 6.07 Å². The third kappa shape index (κ3) is 2.60. The maximum absolute atomic E-state index is 11.2. The predicted octanol–water partition coefficient (Wildman–Crippen LogP) is 0.212. The Balaban J connectivity index is 2.32. The van der Waals surface area contributed by atoms with Gasteiger partial charge in [-0.05, 0) is 25.1 Å². The van der Waals surface area contributed by atoms with E-state index >= 15 is 0 Å². The van der Waals surface area contributed by atoms with Crippen LogP contribution in [0.25, 0.3) is 0 Å². The molecule has 18 heavy (non-hydrogen) atoms. The Kier molecular flexibility index (Phi) is 3.80. The smallest absolute Gasteiger partial charge is 0.236 e. The van der Waals surface area contributed by atoms with Gasteiger partial charge in [-0.3, -0.25) is 4.79 Å². The van der Waals surface area contributed by atoms with Gasteiger partial charge >= 0.3 is 0 Å². The van der Waals surface area contributed by atoms with Crippen LogP contribution in [0.15, 0.2) is 24.3 Å². The standard InChI is InChI=1S/C13H16N4O/c14-7-10-3-1-2-4-12(10)17(9-13(15)18)11-5-6-16-8-11/h1-4,11,16H,5-6,8-9H2,(H2,15,18). The fourth-order valence-corrected chi connectivity index (χ4v) is 2.30. The van der Waals surface area contributed by atoms with Gasteiger partial charge in [0.2, 0.25) is 5.91 Å². The second-order valence-corrected chi connectivity index (χ2v) is 4.37. The lowest BCUT2D eigenvalue weighted by atomic mass is 10.1. The highest BCUT2D eigenvalue weighted by molar-refractivity contribution is 5.80.